The molecule has 238 valence electrons. The summed E-state index contributed by atoms with van der Waals surface area (Å²) in [7, 11) is 0. The Bertz CT molecular complexity index is 2940. The van der Waals surface area contributed by atoms with Crippen LogP contribution >= 0.6 is 0 Å². The van der Waals surface area contributed by atoms with Crippen LogP contribution in [0.25, 0.3) is 94.7 Å². The average Bonchev–Trinajstić information content (AvgIpc) is 3.75. The van der Waals surface area contributed by atoms with Crippen molar-refractivity contribution in [1.29, 1.82) is 0 Å². The summed E-state index contributed by atoms with van der Waals surface area (Å²) in [6.07, 6.45) is 0. The van der Waals surface area contributed by atoms with E-state index in [2.05, 4.69) is 71.3 Å². The quantitative estimate of drug-likeness (QED) is 0.189. The first kappa shape index (κ1) is 27.9. The number of ether oxygens (including phenoxy) is 1. The van der Waals surface area contributed by atoms with Gasteiger partial charge in [-0.15, -0.1) is 0 Å². The van der Waals surface area contributed by atoms with Crippen LogP contribution in [-0.2, 0) is 0 Å². The zero-order valence-electron chi connectivity index (χ0n) is 27.1. The van der Waals surface area contributed by atoms with Crippen molar-refractivity contribution in [3.8, 4) is 62.5 Å². The fourth-order valence-corrected chi connectivity index (χ4v) is 7.54. The second kappa shape index (κ2) is 10.7. The van der Waals surface area contributed by atoms with Gasteiger partial charge in [-0.2, -0.15) is 0 Å². The molecule has 0 amide bonds. The first-order valence-electron chi connectivity index (χ1n) is 16.9. The lowest BCUT2D eigenvalue weighted by atomic mass is 10.00. The summed E-state index contributed by atoms with van der Waals surface area (Å²) >= 11 is 0. The Morgan fingerprint density at radius 1 is 0.412 bits per heavy atom. The standard InChI is InChI=1S/C45H26N4O2/c1-3-12-27(13-4-1)43-46-44(28-14-5-2-6-15-28)48-45(47-43)34-20-10-19-33-32-18-9-16-30(41(32)51-42(33)34)29-24-25-36-35(26-29)31-17-11-23-39-40(31)49(36)37-21-7-8-22-38(37)50-39/h1-26H. The van der Waals surface area contributed by atoms with E-state index in [1.807, 2.05) is 91.0 Å². The van der Waals surface area contributed by atoms with Gasteiger partial charge < -0.3 is 13.7 Å². The van der Waals surface area contributed by atoms with Crippen molar-refractivity contribution in [3.05, 3.63) is 158 Å². The van der Waals surface area contributed by atoms with Gasteiger partial charge in [-0.1, -0.05) is 121 Å². The number of rotatable bonds is 4. The molecule has 11 rings (SSSR count). The summed E-state index contributed by atoms with van der Waals surface area (Å²) in [6, 6.07) is 53.8. The number of para-hydroxylation sites is 5. The highest BCUT2D eigenvalue weighted by Crippen LogP contribution is 2.46. The summed E-state index contributed by atoms with van der Waals surface area (Å²) in [5.41, 5.74) is 9.57. The van der Waals surface area contributed by atoms with Crippen LogP contribution in [0.4, 0.5) is 0 Å². The van der Waals surface area contributed by atoms with Crippen molar-refractivity contribution >= 4 is 43.7 Å². The molecule has 0 N–H and O–H groups in total. The topological polar surface area (TPSA) is 66.0 Å². The molecule has 1 aliphatic heterocycles. The molecule has 0 bridgehead atoms. The monoisotopic (exact) mass is 654 g/mol. The number of fused-ring (bicyclic) bond motifs is 8. The molecule has 6 heteroatoms. The van der Waals surface area contributed by atoms with E-state index in [1.165, 1.54) is 0 Å². The number of hydrogen-bond acceptors (Lipinski definition) is 5. The van der Waals surface area contributed by atoms with Gasteiger partial charge in [-0.3, -0.25) is 0 Å². The smallest absolute Gasteiger partial charge is 0.167 e. The lowest BCUT2D eigenvalue weighted by Gasteiger charge is -2.20. The van der Waals surface area contributed by atoms with Gasteiger partial charge in [0.05, 0.1) is 22.3 Å². The van der Waals surface area contributed by atoms with Gasteiger partial charge in [0.1, 0.15) is 11.2 Å². The van der Waals surface area contributed by atoms with Crippen molar-refractivity contribution in [2.75, 3.05) is 0 Å². The van der Waals surface area contributed by atoms with Gasteiger partial charge in [0.2, 0.25) is 0 Å². The molecular weight excluding hydrogens is 629 g/mol. The number of furan rings is 1. The summed E-state index contributed by atoms with van der Waals surface area (Å²) < 4.78 is 15.6. The van der Waals surface area contributed by atoms with Crippen LogP contribution in [0.15, 0.2) is 162 Å². The predicted octanol–water partition coefficient (Wildman–Crippen LogP) is 11.6. The van der Waals surface area contributed by atoms with E-state index in [1.54, 1.807) is 0 Å². The lowest BCUT2D eigenvalue weighted by Crippen LogP contribution is -2.03. The van der Waals surface area contributed by atoms with Crippen molar-refractivity contribution in [2.24, 2.45) is 0 Å². The summed E-state index contributed by atoms with van der Waals surface area (Å²) in [6.45, 7) is 0. The number of nitrogens with zero attached hydrogens (tertiary/aromatic N) is 4. The highest BCUT2D eigenvalue weighted by atomic mass is 16.5. The summed E-state index contributed by atoms with van der Waals surface area (Å²) in [4.78, 5) is 14.9. The molecule has 4 heterocycles. The first-order chi connectivity index (χ1) is 25.3. The number of benzene rings is 7. The van der Waals surface area contributed by atoms with Crippen LogP contribution in [0.2, 0.25) is 0 Å². The highest BCUT2D eigenvalue weighted by Gasteiger charge is 2.24. The Balaban J connectivity index is 1.11. The molecule has 0 spiro atoms. The Labute approximate surface area is 291 Å². The van der Waals surface area contributed by atoms with Crippen LogP contribution in [0.1, 0.15) is 0 Å². The highest BCUT2D eigenvalue weighted by molar-refractivity contribution is 6.15. The van der Waals surface area contributed by atoms with Gasteiger partial charge in [0.25, 0.3) is 0 Å². The van der Waals surface area contributed by atoms with Gasteiger partial charge in [-0.05, 0) is 42.0 Å². The number of aromatic nitrogens is 4. The SMILES string of the molecule is c1ccc(-c2nc(-c3ccccc3)nc(-c3cccc4c3oc3c(-c5ccc6c(c5)c5cccc7c5n6-c5ccccc5O7)cccc34)n2)cc1. The maximum absolute atomic E-state index is 6.89. The van der Waals surface area contributed by atoms with E-state index in [4.69, 9.17) is 24.1 Å². The van der Waals surface area contributed by atoms with E-state index < -0.39 is 0 Å². The van der Waals surface area contributed by atoms with Crippen molar-refractivity contribution in [2.45, 2.75) is 0 Å². The minimum Gasteiger partial charge on any atom is -0.455 e. The van der Waals surface area contributed by atoms with Crippen LogP contribution in [-0.4, -0.2) is 19.5 Å². The molecule has 7 aromatic carbocycles. The lowest BCUT2D eigenvalue weighted by molar-refractivity contribution is 0.476. The Kier molecular flexibility index (Phi) is 5.86. The van der Waals surface area contributed by atoms with Gasteiger partial charge in [0, 0.05) is 38.2 Å². The van der Waals surface area contributed by atoms with Crippen LogP contribution in [0, 0.1) is 0 Å². The van der Waals surface area contributed by atoms with Crippen LogP contribution in [0.3, 0.4) is 0 Å². The van der Waals surface area contributed by atoms with Crippen molar-refractivity contribution in [3.63, 3.8) is 0 Å². The second-order valence-corrected chi connectivity index (χ2v) is 12.8. The zero-order chi connectivity index (χ0) is 33.5. The minimum atomic E-state index is 0.562. The molecular formula is C45H26N4O2. The third kappa shape index (κ3) is 4.20. The predicted molar refractivity (Wildman–Crippen MR) is 203 cm³/mol. The van der Waals surface area contributed by atoms with E-state index in [9.17, 15) is 0 Å². The zero-order valence-corrected chi connectivity index (χ0v) is 27.1. The molecule has 3 aromatic heterocycles. The molecule has 1 aliphatic rings. The first-order valence-corrected chi connectivity index (χ1v) is 16.9. The third-order valence-corrected chi connectivity index (χ3v) is 9.85. The molecule has 0 radical (unpaired) electrons. The molecule has 0 atom stereocenters. The molecule has 0 fully saturated rings. The largest absolute Gasteiger partial charge is 0.455 e. The third-order valence-electron chi connectivity index (χ3n) is 9.85. The van der Waals surface area contributed by atoms with Crippen molar-refractivity contribution in [1.82, 2.24) is 19.5 Å². The van der Waals surface area contributed by atoms with Gasteiger partial charge in [0.15, 0.2) is 29.0 Å². The molecule has 0 aliphatic carbocycles. The Morgan fingerprint density at radius 2 is 1.00 bits per heavy atom. The van der Waals surface area contributed by atoms with Crippen LogP contribution < -0.4 is 4.74 Å². The van der Waals surface area contributed by atoms with Gasteiger partial charge in [-0.25, -0.2) is 15.0 Å². The van der Waals surface area contributed by atoms with Crippen molar-refractivity contribution < 1.29 is 9.15 Å². The van der Waals surface area contributed by atoms with Gasteiger partial charge >= 0.3 is 0 Å². The molecule has 0 saturated heterocycles. The fraction of sp³-hybridized carbons (Fsp3) is 0. The molecule has 10 aromatic rings. The Hall–Kier alpha value is -7.05. The molecule has 6 nitrogen and oxygen atoms in total. The number of hydrogen-bond donors (Lipinski definition) is 0. The molecule has 0 saturated carbocycles. The fourth-order valence-electron chi connectivity index (χ4n) is 7.54. The van der Waals surface area contributed by atoms with E-state index in [0.29, 0.717) is 17.5 Å². The minimum absolute atomic E-state index is 0.562. The average molecular weight is 655 g/mol. The van der Waals surface area contributed by atoms with E-state index >= 15 is 0 Å². The van der Waals surface area contributed by atoms with E-state index in [-0.39, 0.29) is 0 Å². The second-order valence-electron chi connectivity index (χ2n) is 12.8. The molecule has 51 heavy (non-hydrogen) atoms. The maximum atomic E-state index is 6.89. The summed E-state index contributed by atoms with van der Waals surface area (Å²) in [5.74, 6) is 3.50. The normalized spacial score (nSPS) is 12.1. The molecule has 0 unspecified atom stereocenters. The van der Waals surface area contributed by atoms with Crippen LogP contribution in [0.5, 0.6) is 11.5 Å². The Morgan fingerprint density at radius 3 is 1.75 bits per heavy atom. The summed E-state index contributed by atoms with van der Waals surface area (Å²) in [5, 5.41) is 4.35. The van der Waals surface area contributed by atoms with E-state index in [0.717, 1.165) is 88.7 Å². The maximum Gasteiger partial charge on any atom is 0.167 e.